The van der Waals surface area contributed by atoms with Gasteiger partial charge in [0.15, 0.2) is 0 Å². The Morgan fingerprint density at radius 1 is 1.32 bits per heavy atom. The number of nitrogens with one attached hydrogen (secondary N) is 2. The van der Waals surface area contributed by atoms with Crippen LogP contribution in [0.2, 0.25) is 0 Å². The molecular formula is C14H18FN3O3S. The third-order valence-corrected chi connectivity index (χ3v) is 4.77. The molecule has 1 aromatic rings. The lowest BCUT2D eigenvalue weighted by atomic mass is 10.0. The highest BCUT2D eigenvalue weighted by atomic mass is 32.2. The first-order valence-electron chi connectivity index (χ1n) is 7.11. The molecule has 22 heavy (non-hydrogen) atoms. The van der Waals surface area contributed by atoms with Gasteiger partial charge in [-0.2, -0.15) is 0 Å². The Balaban J connectivity index is 1.87. The molecule has 0 unspecified atom stereocenters. The van der Waals surface area contributed by atoms with Crippen LogP contribution in [0.15, 0.2) is 18.2 Å². The number of carbonyl (C=O) groups is 1. The fourth-order valence-corrected chi connectivity index (χ4v) is 3.75. The number of amides is 1. The van der Waals surface area contributed by atoms with E-state index in [2.05, 4.69) is 10.0 Å². The van der Waals surface area contributed by atoms with Crippen LogP contribution in [0.5, 0.6) is 0 Å². The molecule has 0 saturated carbocycles. The Bertz CT molecular complexity index is 695. The second kappa shape index (κ2) is 5.51. The van der Waals surface area contributed by atoms with Crippen LogP contribution in [-0.2, 0) is 10.0 Å². The van der Waals surface area contributed by atoms with Crippen molar-refractivity contribution in [3.05, 3.63) is 29.6 Å². The average Bonchev–Trinajstić information content (AvgIpc) is 2.99. The maximum atomic E-state index is 13.5. The monoisotopic (exact) mass is 327 g/mol. The molecule has 2 aliphatic rings. The predicted molar refractivity (Wildman–Crippen MR) is 80.6 cm³/mol. The van der Waals surface area contributed by atoms with Crippen LogP contribution >= 0.6 is 0 Å². The zero-order chi connectivity index (χ0) is 15.9. The van der Waals surface area contributed by atoms with Crippen LogP contribution in [0.25, 0.3) is 0 Å². The maximum absolute atomic E-state index is 13.5. The van der Waals surface area contributed by atoms with Crippen LogP contribution in [-0.4, -0.2) is 51.7 Å². The molecule has 0 bridgehead atoms. The molecule has 2 heterocycles. The number of hydrogen-bond donors (Lipinski definition) is 2. The molecule has 2 saturated heterocycles. The van der Waals surface area contributed by atoms with E-state index in [4.69, 9.17) is 0 Å². The van der Waals surface area contributed by atoms with E-state index in [1.165, 1.54) is 6.07 Å². The Morgan fingerprint density at radius 2 is 1.95 bits per heavy atom. The van der Waals surface area contributed by atoms with Gasteiger partial charge in [-0.25, -0.2) is 12.8 Å². The van der Waals surface area contributed by atoms with Gasteiger partial charge >= 0.3 is 0 Å². The van der Waals surface area contributed by atoms with E-state index in [1.54, 1.807) is 4.90 Å². The Kier molecular flexibility index (Phi) is 3.82. The molecule has 0 aromatic heterocycles. The van der Waals surface area contributed by atoms with Gasteiger partial charge in [-0.1, -0.05) is 0 Å². The van der Waals surface area contributed by atoms with Crippen LogP contribution < -0.4 is 10.0 Å². The van der Waals surface area contributed by atoms with Gasteiger partial charge in [-0.05, 0) is 30.0 Å². The first-order chi connectivity index (χ1) is 10.3. The van der Waals surface area contributed by atoms with Crippen molar-refractivity contribution >= 4 is 21.6 Å². The summed E-state index contributed by atoms with van der Waals surface area (Å²) in [6, 6.07) is 3.50. The topological polar surface area (TPSA) is 78.5 Å². The van der Waals surface area contributed by atoms with E-state index in [9.17, 15) is 17.6 Å². The summed E-state index contributed by atoms with van der Waals surface area (Å²) in [7, 11) is -3.54. The Labute approximate surface area is 128 Å². The van der Waals surface area contributed by atoms with Crippen molar-refractivity contribution in [1.29, 1.82) is 0 Å². The number of sulfonamides is 1. The quantitative estimate of drug-likeness (QED) is 0.847. The third kappa shape index (κ3) is 3.07. The van der Waals surface area contributed by atoms with Gasteiger partial charge in [0.05, 0.1) is 17.5 Å². The van der Waals surface area contributed by atoms with Crippen LogP contribution in [0.3, 0.4) is 0 Å². The molecular weight excluding hydrogens is 309 g/mol. The standard InChI is InChI=1S/C14H18FN3O3S/c1-22(20,21)17-13-3-2-11(15)4-12(13)14(19)18-7-9-5-16-6-10(9)8-18/h2-4,9-10,16-17H,5-8H2,1H3/t9-,10+. The fraction of sp³-hybridized carbons (Fsp3) is 0.500. The Hall–Kier alpha value is -1.67. The zero-order valence-electron chi connectivity index (χ0n) is 12.2. The number of halogens is 1. The lowest BCUT2D eigenvalue weighted by Gasteiger charge is -2.19. The molecule has 2 aliphatic heterocycles. The number of likely N-dealkylation sites (tertiary alicyclic amines) is 1. The van der Waals surface area contributed by atoms with Gasteiger partial charge in [0, 0.05) is 26.2 Å². The van der Waals surface area contributed by atoms with Crippen molar-refractivity contribution in [2.45, 2.75) is 0 Å². The number of carbonyl (C=O) groups excluding carboxylic acids is 1. The van der Waals surface area contributed by atoms with Crippen molar-refractivity contribution in [2.24, 2.45) is 11.8 Å². The number of hydrogen-bond acceptors (Lipinski definition) is 4. The number of fused-ring (bicyclic) bond motifs is 1. The molecule has 0 spiro atoms. The van der Waals surface area contributed by atoms with E-state index >= 15 is 0 Å². The first kappa shape index (κ1) is 15.2. The number of anilines is 1. The lowest BCUT2D eigenvalue weighted by molar-refractivity contribution is 0.0782. The fourth-order valence-electron chi connectivity index (χ4n) is 3.17. The summed E-state index contributed by atoms with van der Waals surface area (Å²) in [5.74, 6) is -0.0591. The SMILES string of the molecule is CS(=O)(=O)Nc1ccc(F)cc1C(=O)N1C[C@H]2CNC[C@H]2C1. The summed E-state index contributed by atoms with van der Waals surface area (Å²) in [6.45, 7) is 2.99. The normalized spacial score (nSPS) is 24.4. The van der Waals surface area contributed by atoms with Crippen molar-refractivity contribution in [1.82, 2.24) is 10.2 Å². The van der Waals surface area contributed by atoms with E-state index in [0.29, 0.717) is 24.9 Å². The van der Waals surface area contributed by atoms with Gasteiger partial charge in [-0.3, -0.25) is 9.52 Å². The molecule has 8 heteroatoms. The third-order valence-electron chi connectivity index (χ3n) is 4.18. The summed E-state index contributed by atoms with van der Waals surface area (Å²) in [4.78, 5) is 14.3. The molecule has 2 atom stereocenters. The van der Waals surface area contributed by atoms with Gasteiger partial charge in [0.1, 0.15) is 5.82 Å². The molecule has 120 valence electrons. The second-order valence-corrected chi connectivity index (χ2v) is 7.70. The maximum Gasteiger partial charge on any atom is 0.256 e. The molecule has 1 amide bonds. The van der Waals surface area contributed by atoms with Gasteiger partial charge in [-0.15, -0.1) is 0 Å². The van der Waals surface area contributed by atoms with E-state index in [1.807, 2.05) is 0 Å². The minimum absolute atomic E-state index is 0.0540. The first-order valence-corrected chi connectivity index (χ1v) is 9.00. The molecule has 1 aromatic carbocycles. The summed E-state index contributed by atoms with van der Waals surface area (Å²) in [6.07, 6.45) is 0.997. The van der Waals surface area contributed by atoms with E-state index in [-0.39, 0.29) is 17.2 Å². The molecule has 6 nitrogen and oxygen atoms in total. The van der Waals surface area contributed by atoms with Crippen molar-refractivity contribution < 1.29 is 17.6 Å². The molecule has 0 radical (unpaired) electrons. The summed E-state index contributed by atoms with van der Waals surface area (Å²) in [5.41, 5.74) is 0.169. The van der Waals surface area contributed by atoms with Crippen LogP contribution in [0.1, 0.15) is 10.4 Å². The van der Waals surface area contributed by atoms with Crippen molar-refractivity contribution in [2.75, 3.05) is 37.2 Å². The van der Waals surface area contributed by atoms with Crippen molar-refractivity contribution in [3.8, 4) is 0 Å². The smallest absolute Gasteiger partial charge is 0.256 e. The van der Waals surface area contributed by atoms with E-state index in [0.717, 1.165) is 31.5 Å². The predicted octanol–water partition coefficient (Wildman–Crippen LogP) is 0.489. The van der Waals surface area contributed by atoms with Crippen LogP contribution in [0.4, 0.5) is 10.1 Å². The molecule has 2 fully saturated rings. The van der Waals surface area contributed by atoms with Gasteiger partial charge in [0.2, 0.25) is 10.0 Å². The number of benzene rings is 1. The van der Waals surface area contributed by atoms with Crippen molar-refractivity contribution in [3.63, 3.8) is 0 Å². The summed E-state index contributed by atoms with van der Waals surface area (Å²) in [5, 5.41) is 3.29. The van der Waals surface area contributed by atoms with Crippen LogP contribution in [0, 0.1) is 17.7 Å². The van der Waals surface area contributed by atoms with E-state index < -0.39 is 15.8 Å². The lowest BCUT2D eigenvalue weighted by Crippen LogP contribution is -2.32. The zero-order valence-corrected chi connectivity index (χ0v) is 13.0. The molecule has 2 N–H and O–H groups in total. The highest BCUT2D eigenvalue weighted by molar-refractivity contribution is 7.92. The highest BCUT2D eigenvalue weighted by Crippen LogP contribution is 2.29. The second-order valence-electron chi connectivity index (χ2n) is 5.95. The largest absolute Gasteiger partial charge is 0.338 e. The molecule has 0 aliphatic carbocycles. The molecule has 3 rings (SSSR count). The number of nitrogens with zero attached hydrogens (tertiary/aromatic N) is 1. The van der Waals surface area contributed by atoms with Gasteiger partial charge in [0.25, 0.3) is 5.91 Å². The summed E-state index contributed by atoms with van der Waals surface area (Å²) >= 11 is 0. The Morgan fingerprint density at radius 3 is 2.55 bits per heavy atom. The minimum Gasteiger partial charge on any atom is -0.338 e. The number of rotatable bonds is 3. The summed E-state index contributed by atoms with van der Waals surface area (Å²) < 4.78 is 38.6. The van der Waals surface area contributed by atoms with Gasteiger partial charge < -0.3 is 10.2 Å². The average molecular weight is 327 g/mol. The highest BCUT2D eigenvalue weighted by Gasteiger charge is 2.38. The minimum atomic E-state index is -3.54.